The number of hydrogen-bond donors (Lipinski definition) is 1. The number of methoxy groups -OCH3 is 1. The molecule has 23 heavy (non-hydrogen) atoms. The lowest BCUT2D eigenvalue weighted by Crippen LogP contribution is -2.43. The topological polar surface area (TPSA) is 47.6 Å². The highest BCUT2D eigenvalue weighted by Gasteiger charge is 2.33. The molecule has 4 heteroatoms. The predicted molar refractivity (Wildman–Crippen MR) is 92.8 cm³/mol. The molecular formula is C19H29NO3. The Bertz CT molecular complexity index is 506. The maximum absolute atomic E-state index is 12.5. The second-order valence-electron chi connectivity index (χ2n) is 7.04. The van der Waals surface area contributed by atoms with Crippen LogP contribution in [0, 0.1) is 5.92 Å². The standard InChI is InChI=1S/C19H29NO3/c1-14(2)13-19(3,22-4)18(21)20-15-9-11-17(12-10-15)23-16-7-5-6-8-16/h9-12,14,16H,5-8,13H2,1-4H3,(H,20,21)/t19-/m0/s1. The van der Waals surface area contributed by atoms with Gasteiger partial charge in [0.1, 0.15) is 11.4 Å². The molecule has 1 aromatic carbocycles. The summed E-state index contributed by atoms with van der Waals surface area (Å²) in [6.45, 7) is 6.00. The zero-order valence-electron chi connectivity index (χ0n) is 14.7. The van der Waals surface area contributed by atoms with Gasteiger partial charge in [-0.25, -0.2) is 0 Å². The first kappa shape index (κ1) is 17.8. The smallest absolute Gasteiger partial charge is 0.256 e. The fraction of sp³-hybridized carbons (Fsp3) is 0.632. The summed E-state index contributed by atoms with van der Waals surface area (Å²) >= 11 is 0. The Morgan fingerprint density at radius 2 is 1.87 bits per heavy atom. The number of anilines is 1. The molecule has 1 atom stereocenters. The zero-order chi connectivity index (χ0) is 16.9. The minimum Gasteiger partial charge on any atom is -0.490 e. The predicted octanol–water partition coefficient (Wildman–Crippen LogP) is 4.40. The van der Waals surface area contributed by atoms with Crippen molar-refractivity contribution in [1.82, 2.24) is 0 Å². The second-order valence-corrected chi connectivity index (χ2v) is 7.04. The molecule has 0 aliphatic heterocycles. The van der Waals surface area contributed by atoms with Crippen molar-refractivity contribution in [2.75, 3.05) is 12.4 Å². The molecule has 1 aromatic rings. The third-order valence-corrected chi connectivity index (χ3v) is 4.45. The van der Waals surface area contributed by atoms with E-state index in [0.29, 0.717) is 18.4 Å². The first-order valence-corrected chi connectivity index (χ1v) is 8.56. The van der Waals surface area contributed by atoms with Crippen LogP contribution in [-0.2, 0) is 9.53 Å². The number of hydrogen-bond acceptors (Lipinski definition) is 3. The summed E-state index contributed by atoms with van der Waals surface area (Å²) in [6, 6.07) is 7.60. The van der Waals surface area contributed by atoms with Gasteiger partial charge < -0.3 is 14.8 Å². The monoisotopic (exact) mass is 319 g/mol. The fourth-order valence-corrected chi connectivity index (χ4v) is 3.13. The molecule has 1 aliphatic carbocycles. The number of carbonyl (C=O) groups is 1. The van der Waals surface area contributed by atoms with Gasteiger partial charge in [-0.1, -0.05) is 13.8 Å². The van der Waals surface area contributed by atoms with E-state index in [2.05, 4.69) is 19.2 Å². The molecule has 0 spiro atoms. The summed E-state index contributed by atoms with van der Waals surface area (Å²) in [5, 5.41) is 2.94. The van der Waals surface area contributed by atoms with E-state index in [1.165, 1.54) is 12.8 Å². The van der Waals surface area contributed by atoms with Gasteiger partial charge in [0, 0.05) is 12.8 Å². The average Bonchev–Trinajstić information content (AvgIpc) is 3.01. The molecule has 1 aliphatic rings. The second kappa shape index (κ2) is 7.82. The number of benzene rings is 1. The van der Waals surface area contributed by atoms with Gasteiger partial charge in [-0.15, -0.1) is 0 Å². The molecule has 0 bridgehead atoms. The molecule has 0 saturated heterocycles. The number of amides is 1. The van der Waals surface area contributed by atoms with Crippen molar-refractivity contribution in [1.29, 1.82) is 0 Å². The SMILES string of the molecule is CO[C@@](C)(CC(C)C)C(=O)Nc1ccc(OC2CCCC2)cc1. The van der Waals surface area contributed by atoms with Crippen LogP contribution in [0.2, 0.25) is 0 Å². The van der Waals surface area contributed by atoms with Crippen LogP contribution in [0.4, 0.5) is 5.69 Å². The third kappa shape index (κ3) is 4.96. The molecule has 1 saturated carbocycles. The van der Waals surface area contributed by atoms with Crippen LogP contribution < -0.4 is 10.1 Å². The van der Waals surface area contributed by atoms with E-state index in [-0.39, 0.29) is 5.91 Å². The lowest BCUT2D eigenvalue weighted by molar-refractivity contribution is -0.137. The summed E-state index contributed by atoms with van der Waals surface area (Å²) in [5.41, 5.74) is -0.0477. The fourth-order valence-electron chi connectivity index (χ4n) is 3.13. The Hall–Kier alpha value is -1.55. The van der Waals surface area contributed by atoms with Crippen molar-refractivity contribution in [2.24, 2.45) is 5.92 Å². The van der Waals surface area contributed by atoms with Gasteiger partial charge in [-0.3, -0.25) is 4.79 Å². The lowest BCUT2D eigenvalue weighted by Gasteiger charge is -2.28. The quantitative estimate of drug-likeness (QED) is 0.810. The van der Waals surface area contributed by atoms with Crippen molar-refractivity contribution in [3.63, 3.8) is 0 Å². The molecule has 2 rings (SSSR count). The molecular weight excluding hydrogens is 290 g/mol. The summed E-state index contributed by atoms with van der Waals surface area (Å²) in [7, 11) is 1.58. The van der Waals surface area contributed by atoms with Gasteiger partial charge >= 0.3 is 0 Å². The van der Waals surface area contributed by atoms with Gasteiger partial charge in [0.25, 0.3) is 5.91 Å². The summed E-state index contributed by atoms with van der Waals surface area (Å²) in [6.07, 6.45) is 5.81. The Balaban J connectivity index is 1.95. The number of nitrogens with one attached hydrogen (secondary N) is 1. The molecule has 128 valence electrons. The molecule has 1 fully saturated rings. The van der Waals surface area contributed by atoms with Crippen LogP contribution in [0.25, 0.3) is 0 Å². The molecule has 0 unspecified atom stereocenters. The van der Waals surface area contributed by atoms with Crippen molar-refractivity contribution in [2.45, 2.75) is 64.6 Å². The molecule has 1 amide bonds. The largest absolute Gasteiger partial charge is 0.490 e. The van der Waals surface area contributed by atoms with Crippen molar-refractivity contribution in [3.05, 3.63) is 24.3 Å². The van der Waals surface area contributed by atoms with E-state index in [1.54, 1.807) is 7.11 Å². The average molecular weight is 319 g/mol. The van der Waals surface area contributed by atoms with E-state index in [0.717, 1.165) is 24.3 Å². The van der Waals surface area contributed by atoms with Gasteiger partial charge in [0.2, 0.25) is 0 Å². The van der Waals surface area contributed by atoms with Crippen LogP contribution in [0.5, 0.6) is 5.75 Å². The molecule has 0 radical (unpaired) electrons. The minimum absolute atomic E-state index is 0.113. The van der Waals surface area contributed by atoms with Crippen molar-refractivity contribution in [3.8, 4) is 5.75 Å². The van der Waals surface area contributed by atoms with Crippen LogP contribution in [0.3, 0.4) is 0 Å². The Morgan fingerprint density at radius 3 is 2.39 bits per heavy atom. The normalized spacial score (nSPS) is 18.0. The van der Waals surface area contributed by atoms with E-state index < -0.39 is 5.60 Å². The summed E-state index contributed by atoms with van der Waals surface area (Å²) < 4.78 is 11.4. The van der Waals surface area contributed by atoms with Crippen LogP contribution in [0.15, 0.2) is 24.3 Å². The first-order chi connectivity index (χ1) is 10.9. The maximum atomic E-state index is 12.5. The van der Waals surface area contributed by atoms with Crippen LogP contribution in [-0.4, -0.2) is 24.7 Å². The molecule has 1 N–H and O–H groups in total. The first-order valence-electron chi connectivity index (χ1n) is 8.56. The van der Waals surface area contributed by atoms with Crippen molar-refractivity contribution >= 4 is 11.6 Å². The molecule has 4 nitrogen and oxygen atoms in total. The van der Waals surface area contributed by atoms with E-state index >= 15 is 0 Å². The third-order valence-electron chi connectivity index (χ3n) is 4.45. The number of rotatable bonds is 7. The molecule has 0 aromatic heterocycles. The van der Waals surface area contributed by atoms with Gasteiger partial charge in [0.05, 0.1) is 6.10 Å². The number of carbonyl (C=O) groups excluding carboxylic acids is 1. The van der Waals surface area contributed by atoms with E-state index in [1.807, 2.05) is 31.2 Å². The Morgan fingerprint density at radius 1 is 1.26 bits per heavy atom. The lowest BCUT2D eigenvalue weighted by atomic mass is 9.93. The van der Waals surface area contributed by atoms with Gasteiger partial charge in [0.15, 0.2) is 0 Å². The van der Waals surface area contributed by atoms with Crippen LogP contribution >= 0.6 is 0 Å². The highest BCUT2D eigenvalue weighted by atomic mass is 16.5. The van der Waals surface area contributed by atoms with E-state index in [4.69, 9.17) is 9.47 Å². The van der Waals surface area contributed by atoms with Crippen molar-refractivity contribution < 1.29 is 14.3 Å². The summed E-state index contributed by atoms with van der Waals surface area (Å²) in [4.78, 5) is 12.5. The Kier molecular flexibility index (Phi) is 6.05. The van der Waals surface area contributed by atoms with Gasteiger partial charge in [-0.2, -0.15) is 0 Å². The summed E-state index contributed by atoms with van der Waals surface area (Å²) in [5.74, 6) is 1.14. The van der Waals surface area contributed by atoms with Gasteiger partial charge in [-0.05, 0) is 69.2 Å². The highest BCUT2D eigenvalue weighted by Crippen LogP contribution is 2.26. The van der Waals surface area contributed by atoms with Crippen LogP contribution in [0.1, 0.15) is 52.9 Å². The number of ether oxygens (including phenoxy) is 2. The maximum Gasteiger partial charge on any atom is 0.256 e. The van der Waals surface area contributed by atoms with E-state index in [9.17, 15) is 4.79 Å². The molecule has 0 heterocycles. The minimum atomic E-state index is -0.812. The zero-order valence-corrected chi connectivity index (χ0v) is 14.7. The Labute approximate surface area is 139 Å². The highest BCUT2D eigenvalue weighted by molar-refractivity contribution is 5.97.